The molecule has 1 saturated carbocycles. The minimum absolute atomic E-state index is 0.555. The molecular formula is C24H21N7. The summed E-state index contributed by atoms with van der Waals surface area (Å²) in [4.78, 5) is 5.00. The van der Waals surface area contributed by atoms with Gasteiger partial charge in [-0.25, -0.2) is 4.98 Å². The molecule has 0 atom stereocenters. The fourth-order valence-corrected chi connectivity index (χ4v) is 4.05. The largest absolute Gasteiger partial charge is 0.382 e. The molecule has 3 aromatic heterocycles. The molecule has 5 aromatic rings. The number of tetrazole rings is 1. The normalized spacial score (nSPS) is 13.9. The summed E-state index contributed by atoms with van der Waals surface area (Å²) >= 11 is 0. The number of pyridine rings is 1. The van der Waals surface area contributed by atoms with Crippen LogP contribution in [-0.4, -0.2) is 36.1 Å². The van der Waals surface area contributed by atoms with E-state index in [0.29, 0.717) is 11.9 Å². The van der Waals surface area contributed by atoms with Gasteiger partial charge in [0, 0.05) is 34.6 Å². The van der Waals surface area contributed by atoms with Gasteiger partial charge in [0.1, 0.15) is 5.65 Å². The van der Waals surface area contributed by atoms with Crippen molar-refractivity contribution in [1.29, 1.82) is 0 Å². The predicted molar refractivity (Wildman–Crippen MR) is 120 cm³/mol. The standard InChI is InChI=1S/C24H21N7/c1-2-5-17(6-3-1)23-22(16-9-11-20(12-10-16)25-19-7-4-8-19)26-21-15-18(13-14-31(21)23)24-27-29-30-28-24/h1-3,5-6,9-15,19,25H,4,7-8H2,(H,27,28,29,30). The van der Waals surface area contributed by atoms with Crippen molar-refractivity contribution >= 4 is 11.3 Å². The van der Waals surface area contributed by atoms with Crippen LogP contribution in [0.5, 0.6) is 0 Å². The maximum Gasteiger partial charge on any atom is 0.204 e. The van der Waals surface area contributed by atoms with E-state index >= 15 is 0 Å². The molecule has 0 saturated heterocycles. The van der Waals surface area contributed by atoms with Crippen LogP contribution in [0.1, 0.15) is 19.3 Å². The van der Waals surface area contributed by atoms with Gasteiger partial charge in [0.25, 0.3) is 0 Å². The lowest BCUT2D eigenvalue weighted by Gasteiger charge is -2.27. The molecule has 152 valence electrons. The Labute approximate surface area is 179 Å². The summed E-state index contributed by atoms with van der Waals surface area (Å²) in [6, 6.07) is 23.6. The van der Waals surface area contributed by atoms with E-state index in [2.05, 4.69) is 78.9 Å². The summed E-state index contributed by atoms with van der Waals surface area (Å²) in [7, 11) is 0. The van der Waals surface area contributed by atoms with Crippen molar-refractivity contribution in [3.63, 3.8) is 0 Å². The topological polar surface area (TPSA) is 83.8 Å². The molecule has 1 aliphatic rings. The van der Waals surface area contributed by atoms with E-state index < -0.39 is 0 Å². The monoisotopic (exact) mass is 407 g/mol. The third-order valence-corrected chi connectivity index (χ3v) is 5.91. The smallest absolute Gasteiger partial charge is 0.204 e. The zero-order chi connectivity index (χ0) is 20.6. The van der Waals surface area contributed by atoms with Crippen LogP contribution in [0.4, 0.5) is 5.69 Å². The number of anilines is 1. The molecule has 2 N–H and O–H groups in total. The first kappa shape index (κ1) is 17.8. The Bertz CT molecular complexity index is 1320. The highest BCUT2D eigenvalue weighted by atomic mass is 15.5. The number of hydrogen-bond acceptors (Lipinski definition) is 5. The van der Waals surface area contributed by atoms with E-state index in [-0.39, 0.29) is 0 Å². The van der Waals surface area contributed by atoms with Crippen LogP contribution in [0.15, 0.2) is 72.9 Å². The highest BCUT2D eigenvalue weighted by Gasteiger charge is 2.19. The first-order chi connectivity index (χ1) is 15.3. The molecule has 1 fully saturated rings. The molecule has 7 nitrogen and oxygen atoms in total. The summed E-state index contributed by atoms with van der Waals surface area (Å²) in [5, 5.41) is 18.0. The lowest BCUT2D eigenvalue weighted by molar-refractivity contribution is 0.445. The number of nitrogens with one attached hydrogen (secondary N) is 2. The molecule has 0 radical (unpaired) electrons. The van der Waals surface area contributed by atoms with Crippen molar-refractivity contribution in [3.05, 3.63) is 72.9 Å². The SMILES string of the molecule is c1ccc(-c2c(-c3ccc(NC4CCC4)cc3)nc3cc(-c4nn[nH]n4)ccn23)cc1. The molecular weight excluding hydrogens is 386 g/mol. The predicted octanol–water partition coefficient (Wildman–Crippen LogP) is 4.81. The number of fused-ring (bicyclic) bond motifs is 1. The van der Waals surface area contributed by atoms with Gasteiger partial charge in [-0.2, -0.15) is 5.21 Å². The van der Waals surface area contributed by atoms with Crippen LogP contribution < -0.4 is 5.32 Å². The van der Waals surface area contributed by atoms with Crippen LogP contribution in [-0.2, 0) is 0 Å². The van der Waals surface area contributed by atoms with Gasteiger partial charge < -0.3 is 5.32 Å². The van der Waals surface area contributed by atoms with Gasteiger partial charge in [0.15, 0.2) is 0 Å². The second kappa shape index (κ2) is 7.36. The van der Waals surface area contributed by atoms with Crippen molar-refractivity contribution in [2.45, 2.75) is 25.3 Å². The van der Waals surface area contributed by atoms with Crippen molar-refractivity contribution in [2.24, 2.45) is 0 Å². The Balaban J connectivity index is 1.47. The second-order valence-electron chi connectivity index (χ2n) is 7.90. The average molecular weight is 407 g/mol. The Morgan fingerprint density at radius 3 is 2.45 bits per heavy atom. The van der Waals surface area contributed by atoms with E-state index in [1.807, 2.05) is 24.4 Å². The summed E-state index contributed by atoms with van der Waals surface area (Å²) in [6.45, 7) is 0. The summed E-state index contributed by atoms with van der Waals surface area (Å²) in [6.07, 6.45) is 5.86. The Kier molecular flexibility index (Phi) is 4.23. The number of hydrogen-bond donors (Lipinski definition) is 2. The van der Waals surface area contributed by atoms with Crippen LogP contribution >= 0.6 is 0 Å². The van der Waals surface area contributed by atoms with Crippen molar-refractivity contribution in [1.82, 2.24) is 30.0 Å². The van der Waals surface area contributed by atoms with E-state index in [4.69, 9.17) is 4.98 Å². The Hall–Kier alpha value is -4.00. The number of nitrogens with zero attached hydrogens (tertiary/aromatic N) is 5. The molecule has 1 aliphatic carbocycles. The van der Waals surface area contributed by atoms with Gasteiger partial charge >= 0.3 is 0 Å². The summed E-state index contributed by atoms with van der Waals surface area (Å²) < 4.78 is 2.12. The molecule has 0 aliphatic heterocycles. The van der Waals surface area contributed by atoms with Crippen molar-refractivity contribution in [3.8, 4) is 33.9 Å². The zero-order valence-corrected chi connectivity index (χ0v) is 16.9. The molecule has 6 rings (SSSR count). The van der Waals surface area contributed by atoms with Crippen molar-refractivity contribution in [2.75, 3.05) is 5.32 Å². The minimum Gasteiger partial charge on any atom is -0.382 e. The number of rotatable bonds is 5. The highest BCUT2D eigenvalue weighted by Crippen LogP contribution is 2.34. The fraction of sp³-hybridized carbons (Fsp3) is 0.167. The first-order valence-electron chi connectivity index (χ1n) is 10.5. The van der Waals surface area contributed by atoms with Gasteiger partial charge in [0.2, 0.25) is 5.82 Å². The molecule has 7 heteroatoms. The van der Waals surface area contributed by atoms with Crippen LogP contribution in [0.25, 0.3) is 39.5 Å². The molecule has 2 aromatic carbocycles. The lowest BCUT2D eigenvalue weighted by Crippen LogP contribution is -2.26. The third-order valence-electron chi connectivity index (χ3n) is 5.91. The lowest BCUT2D eigenvalue weighted by atomic mass is 9.93. The van der Waals surface area contributed by atoms with E-state index in [0.717, 1.165) is 39.4 Å². The number of aromatic amines is 1. The van der Waals surface area contributed by atoms with Gasteiger partial charge in [0.05, 0.1) is 11.4 Å². The maximum atomic E-state index is 5.00. The average Bonchev–Trinajstić information content (AvgIpc) is 3.45. The number of imidazole rings is 1. The fourth-order valence-electron chi connectivity index (χ4n) is 4.05. The minimum atomic E-state index is 0.555. The van der Waals surface area contributed by atoms with E-state index in [1.165, 1.54) is 19.3 Å². The molecule has 0 amide bonds. The summed E-state index contributed by atoms with van der Waals surface area (Å²) in [5.41, 5.74) is 7.10. The number of H-pyrrole nitrogens is 1. The molecule has 31 heavy (non-hydrogen) atoms. The third kappa shape index (κ3) is 3.24. The zero-order valence-electron chi connectivity index (χ0n) is 16.9. The molecule has 0 spiro atoms. The number of benzene rings is 2. The molecule has 3 heterocycles. The van der Waals surface area contributed by atoms with Crippen LogP contribution in [0, 0.1) is 0 Å². The van der Waals surface area contributed by atoms with Crippen molar-refractivity contribution < 1.29 is 0 Å². The molecule has 0 unspecified atom stereocenters. The van der Waals surface area contributed by atoms with Crippen LogP contribution in [0.2, 0.25) is 0 Å². The first-order valence-corrected chi connectivity index (χ1v) is 10.5. The van der Waals surface area contributed by atoms with E-state index in [9.17, 15) is 0 Å². The maximum absolute atomic E-state index is 5.00. The number of aromatic nitrogens is 6. The Morgan fingerprint density at radius 2 is 1.74 bits per heavy atom. The van der Waals surface area contributed by atoms with Gasteiger partial charge in [-0.05, 0) is 48.7 Å². The summed E-state index contributed by atoms with van der Waals surface area (Å²) in [5.74, 6) is 0.555. The second-order valence-corrected chi connectivity index (χ2v) is 7.90. The quantitative estimate of drug-likeness (QED) is 0.437. The van der Waals surface area contributed by atoms with E-state index in [1.54, 1.807) is 0 Å². The highest BCUT2D eigenvalue weighted by molar-refractivity contribution is 5.83. The van der Waals surface area contributed by atoms with Gasteiger partial charge in [-0.15, -0.1) is 10.2 Å². The molecule has 0 bridgehead atoms. The van der Waals surface area contributed by atoms with Gasteiger partial charge in [-0.1, -0.05) is 42.5 Å². The Morgan fingerprint density at radius 1 is 0.903 bits per heavy atom. The van der Waals surface area contributed by atoms with Gasteiger partial charge in [-0.3, -0.25) is 4.40 Å². The van der Waals surface area contributed by atoms with Crippen LogP contribution in [0.3, 0.4) is 0 Å².